The maximum absolute atomic E-state index is 3.42. The summed E-state index contributed by atoms with van der Waals surface area (Å²) in [5, 5.41) is 3.42. The lowest BCUT2D eigenvalue weighted by molar-refractivity contribution is 0.350. The van der Waals surface area contributed by atoms with Crippen molar-refractivity contribution in [2.75, 3.05) is 32.4 Å². The topological polar surface area (TPSA) is 17.9 Å². The van der Waals surface area contributed by atoms with Gasteiger partial charge in [0.1, 0.15) is 19.6 Å². The Morgan fingerprint density at radius 1 is 1.00 bits per heavy atom. The number of nitrogens with one attached hydrogen (secondary N) is 1. The minimum absolute atomic E-state index is 1.04. The van der Waals surface area contributed by atoms with Crippen molar-refractivity contribution in [1.82, 2.24) is 10.2 Å². The lowest BCUT2D eigenvalue weighted by Crippen LogP contribution is -2.46. The first-order valence-electron chi connectivity index (χ1n) is 7.52. The molecule has 1 heterocycles. The van der Waals surface area contributed by atoms with Crippen molar-refractivity contribution in [2.45, 2.75) is 11.4 Å². The van der Waals surface area contributed by atoms with Crippen LogP contribution in [-0.2, 0) is 6.54 Å². The maximum Gasteiger partial charge on any atom is 0.148 e. The maximum atomic E-state index is 3.42. The van der Waals surface area contributed by atoms with E-state index in [1.165, 1.54) is 21.6 Å². The van der Waals surface area contributed by atoms with Gasteiger partial charge in [0.25, 0.3) is 0 Å². The third-order valence-corrected chi connectivity index (χ3v) is 4.77. The molecule has 1 aliphatic heterocycles. The summed E-state index contributed by atoms with van der Waals surface area (Å²) >= 11 is 1.79. The average Bonchev–Trinajstić information content (AvgIpc) is 2.56. The van der Waals surface area contributed by atoms with E-state index in [0.29, 0.717) is 0 Å². The van der Waals surface area contributed by atoms with Gasteiger partial charge in [-0.2, -0.15) is 4.90 Å². The highest BCUT2D eigenvalue weighted by Crippen LogP contribution is 2.26. The highest BCUT2D eigenvalue weighted by Gasteiger charge is 2.20. The van der Waals surface area contributed by atoms with E-state index in [1.54, 1.807) is 11.8 Å². The molecule has 1 N–H and O–H groups in total. The van der Waals surface area contributed by atoms with Crippen molar-refractivity contribution < 1.29 is 0 Å². The molecule has 0 bridgehead atoms. The van der Waals surface area contributed by atoms with Gasteiger partial charge in [0.2, 0.25) is 0 Å². The Bertz CT molecular complexity index is 574. The summed E-state index contributed by atoms with van der Waals surface area (Å²) in [5.41, 5.74) is 4.11. The largest absolute Gasteiger partial charge is 0.306 e. The molecule has 3 heteroatoms. The van der Waals surface area contributed by atoms with Crippen LogP contribution < -0.4 is 10.2 Å². The van der Waals surface area contributed by atoms with E-state index < -0.39 is 0 Å². The zero-order valence-electron chi connectivity index (χ0n) is 12.5. The Morgan fingerprint density at radius 3 is 2.43 bits per heavy atom. The molecule has 0 amide bonds. The van der Waals surface area contributed by atoms with Crippen LogP contribution in [0.25, 0.3) is 11.1 Å². The van der Waals surface area contributed by atoms with Crippen molar-refractivity contribution in [3.05, 3.63) is 54.1 Å². The molecule has 2 nitrogen and oxygen atoms in total. The van der Waals surface area contributed by atoms with Gasteiger partial charge in [0, 0.05) is 23.5 Å². The second kappa shape index (κ2) is 7.12. The van der Waals surface area contributed by atoms with E-state index in [2.05, 4.69) is 65.0 Å². The Balaban J connectivity index is 1.83. The fourth-order valence-corrected chi connectivity index (χ4v) is 3.23. The van der Waals surface area contributed by atoms with Crippen molar-refractivity contribution in [2.24, 2.45) is 0 Å². The number of hydrogen-bond acceptors (Lipinski definition) is 3. The number of nitrogens with zero attached hydrogens (tertiary/aromatic N) is 1. The molecule has 2 aromatic rings. The van der Waals surface area contributed by atoms with Crippen molar-refractivity contribution in [3.8, 4) is 11.1 Å². The second-order valence-corrected chi connectivity index (χ2v) is 6.29. The van der Waals surface area contributed by atoms with E-state index >= 15 is 0 Å². The molecule has 109 valence electrons. The summed E-state index contributed by atoms with van der Waals surface area (Å²) in [4.78, 5) is 3.85. The van der Waals surface area contributed by atoms with Gasteiger partial charge in [0.05, 0.1) is 0 Å². The molecule has 2 aromatic carbocycles. The van der Waals surface area contributed by atoms with Gasteiger partial charge in [-0.3, -0.25) is 0 Å². The zero-order valence-corrected chi connectivity index (χ0v) is 13.3. The monoisotopic (exact) mass is 298 g/mol. The third kappa shape index (κ3) is 3.67. The normalized spacial score (nSPS) is 16.0. The Morgan fingerprint density at radius 2 is 1.71 bits per heavy atom. The van der Waals surface area contributed by atoms with Crippen molar-refractivity contribution in [1.29, 1.82) is 0 Å². The number of piperazine rings is 1. The van der Waals surface area contributed by atoms with Crippen molar-refractivity contribution in [3.63, 3.8) is 0 Å². The van der Waals surface area contributed by atoms with E-state index in [-0.39, 0.29) is 0 Å². The summed E-state index contributed by atoms with van der Waals surface area (Å²) < 4.78 is 0. The van der Waals surface area contributed by atoms with Gasteiger partial charge in [0.15, 0.2) is 0 Å². The molecular formula is C18H22N2S+. The van der Waals surface area contributed by atoms with Gasteiger partial charge < -0.3 is 5.32 Å². The number of hydrogen-bond donors (Lipinski definition) is 1. The average molecular weight is 298 g/mol. The summed E-state index contributed by atoms with van der Waals surface area (Å²) in [6.45, 7) is 5.52. The lowest BCUT2D eigenvalue weighted by atomic mass is 9.99. The molecular weight excluding hydrogens is 276 g/mol. The minimum Gasteiger partial charge on any atom is -0.306 e. The fourth-order valence-electron chi connectivity index (χ4n) is 2.82. The molecule has 0 unspecified atom stereocenters. The minimum atomic E-state index is 1.04. The van der Waals surface area contributed by atoms with Gasteiger partial charge in [-0.05, 0) is 29.5 Å². The summed E-state index contributed by atoms with van der Waals surface area (Å²) in [5.74, 6) is 0. The number of thioether (sulfide) groups is 1. The van der Waals surface area contributed by atoms with E-state index in [0.717, 1.165) is 32.7 Å². The Hall–Kier alpha value is -1.29. The molecule has 0 aromatic heterocycles. The molecule has 0 saturated carbocycles. The Labute approximate surface area is 131 Å². The molecule has 1 fully saturated rings. The predicted octanol–water partition coefficient (Wildman–Crippen LogP) is 3.32. The predicted molar refractivity (Wildman–Crippen MR) is 92.1 cm³/mol. The quantitative estimate of drug-likeness (QED) is 0.689. The van der Waals surface area contributed by atoms with Crippen LogP contribution in [0.1, 0.15) is 5.56 Å². The molecule has 0 atom stereocenters. The van der Waals surface area contributed by atoms with Gasteiger partial charge >= 0.3 is 0 Å². The fraction of sp³-hybridized carbons (Fsp3) is 0.333. The molecule has 0 aliphatic carbocycles. The second-order valence-electron chi connectivity index (χ2n) is 5.41. The molecule has 1 aliphatic rings. The lowest BCUT2D eigenvalue weighted by Gasteiger charge is -2.19. The van der Waals surface area contributed by atoms with Gasteiger partial charge in [-0.1, -0.05) is 36.4 Å². The smallest absolute Gasteiger partial charge is 0.148 e. The van der Waals surface area contributed by atoms with Crippen LogP contribution in [0.4, 0.5) is 0 Å². The van der Waals surface area contributed by atoms with E-state index in [4.69, 9.17) is 0 Å². The SMILES string of the molecule is CSc1ccc(-c2ccccc2C[N+]2CCNCC2)cc1. The molecule has 1 radical (unpaired) electrons. The highest BCUT2D eigenvalue weighted by atomic mass is 32.2. The zero-order chi connectivity index (χ0) is 14.5. The first-order chi connectivity index (χ1) is 10.4. The summed E-state index contributed by atoms with van der Waals surface area (Å²) in [6.07, 6.45) is 2.12. The highest BCUT2D eigenvalue weighted by molar-refractivity contribution is 7.98. The Kier molecular flexibility index (Phi) is 4.96. The van der Waals surface area contributed by atoms with Crippen molar-refractivity contribution >= 4 is 11.8 Å². The van der Waals surface area contributed by atoms with Crippen LogP contribution in [0.5, 0.6) is 0 Å². The molecule has 3 rings (SSSR count). The van der Waals surface area contributed by atoms with Crippen LogP contribution in [-0.4, -0.2) is 32.4 Å². The first-order valence-corrected chi connectivity index (χ1v) is 8.75. The van der Waals surface area contributed by atoms with Crippen LogP contribution in [0, 0.1) is 0 Å². The van der Waals surface area contributed by atoms with Crippen LogP contribution in [0.3, 0.4) is 0 Å². The molecule has 1 saturated heterocycles. The van der Waals surface area contributed by atoms with E-state index in [1.807, 2.05) is 0 Å². The first kappa shape index (κ1) is 14.6. The number of rotatable bonds is 4. The van der Waals surface area contributed by atoms with Crippen LogP contribution in [0.15, 0.2) is 53.4 Å². The third-order valence-electron chi connectivity index (χ3n) is 4.02. The number of benzene rings is 2. The van der Waals surface area contributed by atoms with E-state index in [9.17, 15) is 0 Å². The van der Waals surface area contributed by atoms with Crippen LogP contribution >= 0.6 is 11.8 Å². The van der Waals surface area contributed by atoms with Gasteiger partial charge in [-0.15, -0.1) is 11.8 Å². The molecule has 0 spiro atoms. The standard InChI is InChI=1S/C18H22N2S/c1-21-17-8-6-15(7-9-17)18-5-3-2-4-16(18)14-20-12-10-19-11-13-20/h2-9,19H,10-14H2,1H3/q+1. The van der Waals surface area contributed by atoms with Crippen LogP contribution in [0.2, 0.25) is 0 Å². The summed E-state index contributed by atoms with van der Waals surface area (Å²) in [6, 6.07) is 17.7. The molecule has 21 heavy (non-hydrogen) atoms. The summed E-state index contributed by atoms with van der Waals surface area (Å²) in [7, 11) is 0. The van der Waals surface area contributed by atoms with Gasteiger partial charge in [-0.25, -0.2) is 0 Å².